The van der Waals surface area contributed by atoms with Crippen molar-refractivity contribution in [2.24, 2.45) is 0 Å². The summed E-state index contributed by atoms with van der Waals surface area (Å²) in [5.41, 5.74) is 1.99. The number of aliphatic hydroxyl groups is 1. The van der Waals surface area contributed by atoms with Gasteiger partial charge in [-0.1, -0.05) is 0 Å². The molecule has 0 bridgehead atoms. The van der Waals surface area contributed by atoms with Crippen molar-refractivity contribution in [2.45, 2.75) is 20.0 Å². The van der Waals surface area contributed by atoms with E-state index in [-0.39, 0.29) is 6.61 Å². The lowest BCUT2D eigenvalue weighted by molar-refractivity contribution is 0.152. The van der Waals surface area contributed by atoms with E-state index >= 15 is 0 Å². The summed E-state index contributed by atoms with van der Waals surface area (Å²) < 4.78 is 5.42. The molecule has 1 saturated heterocycles. The van der Waals surface area contributed by atoms with Crippen LogP contribution in [0.2, 0.25) is 0 Å². The van der Waals surface area contributed by atoms with Crippen molar-refractivity contribution in [1.82, 2.24) is 4.98 Å². The molecule has 2 heterocycles. The normalized spacial score (nSPS) is 17.2. The molecule has 0 amide bonds. The minimum atomic E-state index is 0.0528. The minimum Gasteiger partial charge on any atom is -0.392 e. The number of ether oxygens (including phenoxy) is 1. The molecule has 0 spiro atoms. The lowest BCUT2D eigenvalue weighted by Crippen LogP contribution is -2.27. The van der Waals surface area contributed by atoms with Gasteiger partial charge in [0.05, 0.1) is 13.2 Å². The molecule has 1 aromatic heterocycles. The first-order chi connectivity index (χ1) is 7.81. The molecule has 0 atom stereocenters. The van der Waals surface area contributed by atoms with Crippen LogP contribution in [0.1, 0.15) is 17.5 Å². The second-order valence-electron chi connectivity index (χ2n) is 4.10. The first-order valence-corrected chi connectivity index (χ1v) is 5.70. The quantitative estimate of drug-likeness (QED) is 0.814. The fraction of sp³-hybridized carbons (Fsp3) is 0.583. The largest absolute Gasteiger partial charge is 0.392 e. The third-order valence-corrected chi connectivity index (χ3v) is 2.81. The Labute approximate surface area is 95.9 Å². The van der Waals surface area contributed by atoms with E-state index in [1.165, 1.54) is 0 Å². The van der Waals surface area contributed by atoms with Gasteiger partial charge in [0.25, 0.3) is 0 Å². The van der Waals surface area contributed by atoms with Gasteiger partial charge in [-0.25, -0.2) is 4.98 Å². The maximum Gasteiger partial charge on any atom is 0.131 e. The van der Waals surface area contributed by atoms with Crippen molar-refractivity contribution in [3.8, 4) is 0 Å². The van der Waals surface area contributed by atoms with Crippen LogP contribution in [0, 0.1) is 6.92 Å². The molecular formula is C12H18N2O2. The van der Waals surface area contributed by atoms with Crippen LogP contribution in [0.25, 0.3) is 0 Å². The Morgan fingerprint density at radius 2 is 2.31 bits per heavy atom. The molecular weight excluding hydrogens is 204 g/mol. The van der Waals surface area contributed by atoms with Crippen LogP contribution in [0.5, 0.6) is 0 Å². The number of aromatic nitrogens is 1. The highest BCUT2D eigenvalue weighted by molar-refractivity contribution is 5.47. The molecule has 1 N–H and O–H groups in total. The first kappa shape index (κ1) is 11.4. The number of hydrogen-bond donors (Lipinski definition) is 1. The molecule has 2 rings (SSSR count). The topological polar surface area (TPSA) is 45.6 Å². The van der Waals surface area contributed by atoms with E-state index in [0.717, 1.165) is 49.7 Å². The van der Waals surface area contributed by atoms with Gasteiger partial charge < -0.3 is 14.7 Å². The molecule has 16 heavy (non-hydrogen) atoms. The Hall–Kier alpha value is -1.13. The number of aryl methyl sites for hydroxylation is 1. The zero-order valence-corrected chi connectivity index (χ0v) is 9.65. The van der Waals surface area contributed by atoms with Crippen LogP contribution in [0.4, 0.5) is 5.82 Å². The van der Waals surface area contributed by atoms with E-state index in [4.69, 9.17) is 9.84 Å². The van der Waals surface area contributed by atoms with Crippen LogP contribution < -0.4 is 4.90 Å². The van der Waals surface area contributed by atoms with Gasteiger partial charge in [0, 0.05) is 25.9 Å². The van der Waals surface area contributed by atoms with Crippen molar-refractivity contribution < 1.29 is 9.84 Å². The van der Waals surface area contributed by atoms with E-state index in [9.17, 15) is 0 Å². The fourth-order valence-electron chi connectivity index (χ4n) is 2.00. The summed E-state index contributed by atoms with van der Waals surface area (Å²) in [6, 6.07) is 1.99. The number of hydrogen-bond acceptors (Lipinski definition) is 4. The average molecular weight is 222 g/mol. The van der Waals surface area contributed by atoms with Gasteiger partial charge in [0.15, 0.2) is 0 Å². The van der Waals surface area contributed by atoms with E-state index in [0.29, 0.717) is 0 Å². The van der Waals surface area contributed by atoms with E-state index in [1.807, 2.05) is 13.0 Å². The lowest BCUT2D eigenvalue weighted by Gasteiger charge is -2.22. The van der Waals surface area contributed by atoms with Crippen molar-refractivity contribution >= 4 is 5.82 Å². The third kappa shape index (κ3) is 2.51. The number of anilines is 1. The molecule has 0 radical (unpaired) electrons. The van der Waals surface area contributed by atoms with E-state index < -0.39 is 0 Å². The van der Waals surface area contributed by atoms with Crippen LogP contribution in [0.3, 0.4) is 0 Å². The Morgan fingerprint density at radius 3 is 3.06 bits per heavy atom. The molecule has 4 heteroatoms. The molecule has 1 aliphatic heterocycles. The van der Waals surface area contributed by atoms with Crippen LogP contribution in [-0.4, -0.2) is 36.4 Å². The summed E-state index contributed by atoms with van der Waals surface area (Å²) >= 11 is 0. The van der Waals surface area contributed by atoms with Crippen molar-refractivity contribution in [3.05, 3.63) is 23.4 Å². The Balaban J connectivity index is 2.18. The molecule has 0 aromatic carbocycles. The maximum absolute atomic E-state index is 9.03. The third-order valence-electron chi connectivity index (χ3n) is 2.81. The van der Waals surface area contributed by atoms with E-state index in [2.05, 4.69) is 9.88 Å². The first-order valence-electron chi connectivity index (χ1n) is 5.70. The second-order valence-corrected chi connectivity index (χ2v) is 4.10. The molecule has 88 valence electrons. The lowest BCUT2D eigenvalue weighted by atomic mass is 10.2. The smallest absolute Gasteiger partial charge is 0.131 e. The Morgan fingerprint density at radius 1 is 1.44 bits per heavy atom. The minimum absolute atomic E-state index is 0.0528. The zero-order chi connectivity index (χ0) is 11.4. The molecule has 0 unspecified atom stereocenters. The van der Waals surface area contributed by atoms with Gasteiger partial charge in [0.1, 0.15) is 5.82 Å². The van der Waals surface area contributed by atoms with Crippen LogP contribution >= 0.6 is 0 Å². The standard InChI is InChI=1S/C12H18N2O2/c1-10-7-11(9-15)8-13-12(10)14-3-2-5-16-6-4-14/h7-8,15H,2-6,9H2,1H3. The maximum atomic E-state index is 9.03. The van der Waals surface area contributed by atoms with Crippen LogP contribution in [-0.2, 0) is 11.3 Å². The Kier molecular flexibility index (Phi) is 3.74. The zero-order valence-electron chi connectivity index (χ0n) is 9.65. The summed E-state index contributed by atoms with van der Waals surface area (Å²) in [7, 11) is 0. The highest BCUT2D eigenvalue weighted by atomic mass is 16.5. The van der Waals surface area contributed by atoms with Gasteiger partial charge in [-0.2, -0.15) is 0 Å². The average Bonchev–Trinajstić information content (AvgIpc) is 2.57. The fourth-order valence-corrected chi connectivity index (χ4v) is 2.00. The monoisotopic (exact) mass is 222 g/mol. The number of nitrogens with zero attached hydrogens (tertiary/aromatic N) is 2. The highest BCUT2D eigenvalue weighted by Crippen LogP contribution is 2.19. The SMILES string of the molecule is Cc1cc(CO)cnc1N1CCCOCC1. The predicted octanol–water partition coefficient (Wildman–Crippen LogP) is 1.11. The summed E-state index contributed by atoms with van der Waals surface area (Å²) in [6.45, 7) is 5.58. The molecule has 1 aliphatic rings. The number of pyridine rings is 1. The van der Waals surface area contributed by atoms with Gasteiger partial charge in [-0.05, 0) is 30.5 Å². The van der Waals surface area contributed by atoms with Crippen molar-refractivity contribution in [3.63, 3.8) is 0 Å². The van der Waals surface area contributed by atoms with Crippen molar-refractivity contribution in [1.29, 1.82) is 0 Å². The summed E-state index contributed by atoms with van der Waals surface area (Å²) in [5, 5.41) is 9.03. The van der Waals surface area contributed by atoms with E-state index in [1.54, 1.807) is 6.20 Å². The molecule has 1 fully saturated rings. The Bertz CT molecular complexity index is 347. The summed E-state index contributed by atoms with van der Waals surface area (Å²) in [5.74, 6) is 1.02. The van der Waals surface area contributed by atoms with Gasteiger partial charge in [-0.15, -0.1) is 0 Å². The number of rotatable bonds is 2. The second kappa shape index (κ2) is 5.27. The van der Waals surface area contributed by atoms with Crippen molar-refractivity contribution in [2.75, 3.05) is 31.2 Å². The summed E-state index contributed by atoms with van der Waals surface area (Å²) in [4.78, 5) is 6.68. The van der Waals surface area contributed by atoms with Gasteiger partial charge in [0.2, 0.25) is 0 Å². The molecule has 0 saturated carbocycles. The predicted molar refractivity (Wildman–Crippen MR) is 62.5 cm³/mol. The molecule has 4 nitrogen and oxygen atoms in total. The molecule has 0 aliphatic carbocycles. The molecule has 1 aromatic rings. The van der Waals surface area contributed by atoms with Gasteiger partial charge >= 0.3 is 0 Å². The number of aliphatic hydroxyl groups excluding tert-OH is 1. The highest BCUT2D eigenvalue weighted by Gasteiger charge is 2.13. The summed E-state index contributed by atoms with van der Waals surface area (Å²) in [6.07, 6.45) is 2.79. The van der Waals surface area contributed by atoms with Crippen LogP contribution in [0.15, 0.2) is 12.3 Å². The van der Waals surface area contributed by atoms with Gasteiger partial charge in [-0.3, -0.25) is 0 Å².